The summed E-state index contributed by atoms with van der Waals surface area (Å²) in [5.41, 5.74) is 0. The van der Waals surface area contributed by atoms with Crippen molar-refractivity contribution in [3.05, 3.63) is 0 Å². The van der Waals surface area contributed by atoms with Gasteiger partial charge in [-0.15, -0.1) is 0 Å². The summed E-state index contributed by atoms with van der Waals surface area (Å²) in [6.45, 7) is 12.7. The molecule has 0 rings (SSSR count). The van der Waals surface area contributed by atoms with Crippen LogP contribution in [0.1, 0.15) is 54.4 Å². The maximum absolute atomic E-state index is 11.9. The molecule has 0 aliphatic rings. The topological polar surface area (TPSA) is 46.2 Å². The molecule has 0 fully saturated rings. The van der Waals surface area contributed by atoms with Gasteiger partial charge in [0.25, 0.3) is 0 Å². The quantitative estimate of drug-likeness (QED) is 0.768. The molecule has 1 unspecified atom stereocenters. The molecule has 0 radical (unpaired) electrons. The van der Waals surface area contributed by atoms with E-state index in [9.17, 15) is 8.42 Å². The van der Waals surface area contributed by atoms with Crippen LogP contribution in [0.5, 0.6) is 0 Å². The van der Waals surface area contributed by atoms with Crippen molar-refractivity contribution in [3.63, 3.8) is 0 Å². The second-order valence-electron chi connectivity index (χ2n) is 5.98. The van der Waals surface area contributed by atoms with Gasteiger partial charge in [-0.1, -0.05) is 20.8 Å². The van der Waals surface area contributed by atoms with Crippen molar-refractivity contribution >= 4 is 9.84 Å². The van der Waals surface area contributed by atoms with E-state index in [-0.39, 0.29) is 0 Å². The van der Waals surface area contributed by atoms with Crippen LogP contribution < -0.4 is 5.32 Å². The fraction of sp³-hybridized carbons (Fsp3) is 1.00. The third-order valence-electron chi connectivity index (χ3n) is 3.13. The van der Waals surface area contributed by atoms with E-state index in [0.29, 0.717) is 17.7 Å². The van der Waals surface area contributed by atoms with Crippen molar-refractivity contribution in [2.75, 3.05) is 12.3 Å². The first-order valence-electron chi connectivity index (χ1n) is 6.57. The second-order valence-corrected chi connectivity index (χ2v) is 8.84. The summed E-state index contributed by atoms with van der Waals surface area (Å²) < 4.78 is 23.3. The predicted octanol–water partition coefficient (Wildman–Crippen LogP) is 2.61. The number of hydrogen-bond donors (Lipinski definition) is 1. The number of nitrogens with one attached hydrogen (secondary N) is 1. The number of sulfone groups is 1. The summed E-state index contributed by atoms with van der Waals surface area (Å²) in [5, 5.41) is 3.41. The predicted molar refractivity (Wildman–Crippen MR) is 75.1 cm³/mol. The van der Waals surface area contributed by atoms with Gasteiger partial charge in [0, 0.05) is 6.04 Å². The highest BCUT2D eigenvalue weighted by Crippen LogP contribution is 2.18. The summed E-state index contributed by atoms with van der Waals surface area (Å²) in [6.07, 6.45) is 1.68. The highest BCUT2D eigenvalue weighted by atomic mass is 32.2. The molecule has 0 saturated carbocycles. The summed E-state index contributed by atoms with van der Waals surface area (Å²) in [4.78, 5) is 0. The molecular weight excluding hydrogens is 234 g/mol. The van der Waals surface area contributed by atoms with Crippen LogP contribution in [-0.2, 0) is 9.84 Å². The van der Waals surface area contributed by atoms with Crippen LogP contribution in [0.2, 0.25) is 0 Å². The molecule has 17 heavy (non-hydrogen) atoms. The Morgan fingerprint density at radius 2 is 1.71 bits per heavy atom. The Balaban J connectivity index is 4.22. The van der Waals surface area contributed by atoms with Crippen LogP contribution >= 0.6 is 0 Å². The fourth-order valence-corrected chi connectivity index (χ4v) is 2.89. The van der Waals surface area contributed by atoms with E-state index in [1.54, 1.807) is 20.8 Å². The highest BCUT2D eigenvalue weighted by Gasteiger charge is 2.28. The van der Waals surface area contributed by atoms with Crippen LogP contribution in [-0.4, -0.2) is 31.5 Å². The Morgan fingerprint density at radius 1 is 1.18 bits per heavy atom. The van der Waals surface area contributed by atoms with Crippen LogP contribution in [0.3, 0.4) is 0 Å². The number of hydrogen-bond acceptors (Lipinski definition) is 3. The van der Waals surface area contributed by atoms with Crippen molar-refractivity contribution < 1.29 is 8.42 Å². The summed E-state index contributed by atoms with van der Waals surface area (Å²) in [7, 11) is -2.96. The molecule has 104 valence electrons. The van der Waals surface area contributed by atoms with Crippen LogP contribution in [0.4, 0.5) is 0 Å². The first kappa shape index (κ1) is 16.9. The van der Waals surface area contributed by atoms with Crippen molar-refractivity contribution in [2.24, 2.45) is 5.92 Å². The molecule has 0 aliphatic carbocycles. The Kier molecular flexibility index (Phi) is 6.70. The lowest BCUT2D eigenvalue weighted by molar-refractivity contribution is 0.381. The first-order chi connectivity index (χ1) is 7.62. The smallest absolute Gasteiger partial charge is 0.155 e. The van der Waals surface area contributed by atoms with Crippen LogP contribution in [0.15, 0.2) is 0 Å². The standard InChI is InChI=1S/C13H29NO2S/c1-7-14-12(11(2)3)9-8-10-17(15,16)13(4,5)6/h11-12,14H,7-10H2,1-6H3. The lowest BCUT2D eigenvalue weighted by atomic mass is 10.00. The zero-order valence-electron chi connectivity index (χ0n) is 12.2. The molecule has 0 aliphatic heterocycles. The van der Waals surface area contributed by atoms with Gasteiger partial charge in [0.1, 0.15) is 0 Å². The van der Waals surface area contributed by atoms with E-state index < -0.39 is 14.6 Å². The Hall–Kier alpha value is -0.0900. The molecular formula is C13H29NO2S. The Morgan fingerprint density at radius 3 is 2.06 bits per heavy atom. The average Bonchev–Trinajstić information content (AvgIpc) is 2.14. The molecule has 0 saturated heterocycles. The molecule has 1 atom stereocenters. The minimum absolute atomic E-state index is 0.297. The SMILES string of the molecule is CCNC(CCCS(=O)(=O)C(C)(C)C)C(C)C. The van der Waals surface area contributed by atoms with Gasteiger partial charge in [-0.2, -0.15) is 0 Å². The van der Waals surface area contributed by atoms with Gasteiger partial charge in [-0.25, -0.2) is 8.42 Å². The van der Waals surface area contributed by atoms with Crippen molar-refractivity contribution in [1.29, 1.82) is 0 Å². The highest BCUT2D eigenvalue weighted by molar-refractivity contribution is 7.92. The third-order valence-corrected chi connectivity index (χ3v) is 5.82. The molecule has 0 aromatic heterocycles. The van der Waals surface area contributed by atoms with Crippen LogP contribution in [0.25, 0.3) is 0 Å². The summed E-state index contributed by atoms with van der Waals surface area (Å²) >= 11 is 0. The molecule has 1 N–H and O–H groups in total. The third kappa shape index (κ3) is 5.87. The first-order valence-corrected chi connectivity index (χ1v) is 8.22. The van der Waals surface area contributed by atoms with E-state index in [2.05, 4.69) is 26.1 Å². The minimum atomic E-state index is -2.96. The van der Waals surface area contributed by atoms with E-state index in [0.717, 1.165) is 19.4 Å². The monoisotopic (exact) mass is 263 g/mol. The van der Waals surface area contributed by atoms with Gasteiger partial charge >= 0.3 is 0 Å². The molecule has 0 heterocycles. The van der Waals surface area contributed by atoms with Gasteiger partial charge in [0.05, 0.1) is 10.5 Å². The average molecular weight is 263 g/mol. The lowest BCUT2D eigenvalue weighted by Crippen LogP contribution is -2.35. The van der Waals surface area contributed by atoms with Gasteiger partial charge < -0.3 is 5.32 Å². The van der Waals surface area contributed by atoms with Gasteiger partial charge in [-0.3, -0.25) is 0 Å². The summed E-state index contributed by atoms with van der Waals surface area (Å²) in [5.74, 6) is 0.845. The zero-order chi connectivity index (χ0) is 13.7. The summed E-state index contributed by atoms with van der Waals surface area (Å²) in [6, 6.07) is 0.426. The van der Waals surface area contributed by atoms with Gasteiger partial charge in [0.15, 0.2) is 9.84 Å². The Labute approximate surface area is 107 Å². The molecule has 0 spiro atoms. The van der Waals surface area contributed by atoms with E-state index in [1.165, 1.54) is 0 Å². The largest absolute Gasteiger partial charge is 0.314 e. The van der Waals surface area contributed by atoms with Gasteiger partial charge in [0.2, 0.25) is 0 Å². The molecule has 0 amide bonds. The zero-order valence-corrected chi connectivity index (χ0v) is 13.0. The van der Waals surface area contributed by atoms with Crippen LogP contribution in [0, 0.1) is 5.92 Å². The second kappa shape index (κ2) is 6.74. The number of rotatable bonds is 7. The van der Waals surface area contributed by atoms with E-state index >= 15 is 0 Å². The molecule has 4 heteroatoms. The minimum Gasteiger partial charge on any atom is -0.314 e. The maximum atomic E-state index is 11.9. The Bertz CT molecular complexity index is 302. The molecule has 0 aromatic rings. The normalized spacial score (nSPS) is 15.2. The fourth-order valence-electron chi connectivity index (χ4n) is 1.73. The molecule has 0 aromatic carbocycles. The lowest BCUT2D eigenvalue weighted by Gasteiger charge is -2.23. The van der Waals surface area contributed by atoms with E-state index in [1.807, 2.05) is 0 Å². The van der Waals surface area contributed by atoms with Crippen molar-refractivity contribution in [3.8, 4) is 0 Å². The van der Waals surface area contributed by atoms with Crippen molar-refractivity contribution in [2.45, 2.75) is 65.2 Å². The van der Waals surface area contributed by atoms with E-state index in [4.69, 9.17) is 0 Å². The van der Waals surface area contributed by atoms with Crippen molar-refractivity contribution in [1.82, 2.24) is 5.32 Å². The molecule has 0 bridgehead atoms. The van der Waals surface area contributed by atoms with Gasteiger partial charge in [-0.05, 0) is 46.1 Å². The maximum Gasteiger partial charge on any atom is 0.155 e. The molecule has 3 nitrogen and oxygen atoms in total.